The Morgan fingerprint density at radius 3 is 2.39 bits per heavy atom. The molecule has 0 radical (unpaired) electrons. The van der Waals surface area contributed by atoms with Gasteiger partial charge in [0.05, 0.1) is 17.7 Å². The van der Waals surface area contributed by atoms with Gasteiger partial charge in [0.15, 0.2) is 5.78 Å². The lowest BCUT2D eigenvalue weighted by molar-refractivity contribution is -0.144. The van der Waals surface area contributed by atoms with Crippen LogP contribution in [0.3, 0.4) is 0 Å². The fraction of sp³-hybridized carbons (Fsp3) is 0.385. The van der Waals surface area contributed by atoms with Crippen LogP contribution in [0.25, 0.3) is 0 Å². The number of esters is 1. The summed E-state index contributed by atoms with van der Waals surface area (Å²) >= 11 is 6.84. The standard InChI is InChI=1S/C13H15ClO3S/c1-9(2)17-13(16)8-18-11-5-3-10(4-6-11)12(15)7-14/h3-6,9H,7-8H2,1-2H3. The van der Waals surface area contributed by atoms with Crippen molar-refractivity contribution in [2.45, 2.75) is 24.8 Å². The van der Waals surface area contributed by atoms with Gasteiger partial charge in [-0.1, -0.05) is 12.1 Å². The van der Waals surface area contributed by atoms with Crippen molar-refractivity contribution in [2.75, 3.05) is 11.6 Å². The molecule has 18 heavy (non-hydrogen) atoms. The Kier molecular flexibility index (Phi) is 6.22. The average molecular weight is 287 g/mol. The van der Waals surface area contributed by atoms with Crippen LogP contribution in [-0.2, 0) is 9.53 Å². The van der Waals surface area contributed by atoms with Crippen molar-refractivity contribution in [3.05, 3.63) is 29.8 Å². The van der Waals surface area contributed by atoms with E-state index in [1.807, 2.05) is 13.8 Å². The first-order chi connectivity index (χ1) is 8.52. The predicted octanol–water partition coefficient (Wildman–Crippen LogP) is 3.15. The zero-order valence-electron chi connectivity index (χ0n) is 10.3. The van der Waals surface area contributed by atoms with Crippen molar-refractivity contribution in [1.29, 1.82) is 0 Å². The number of hydrogen-bond donors (Lipinski definition) is 0. The molecule has 0 heterocycles. The second-order valence-corrected chi connectivity index (χ2v) is 5.22. The molecule has 0 aliphatic carbocycles. The van der Waals surface area contributed by atoms with E-state index in [0.29, 0.717) is 5.56 Å². The highest BCUT2D eigenvalue weighted by Gasteiger charge is 2.07. The maximum Gasteiger partial charge on any atom is 0.316 e. The van der Waals surface area contributed by atoms with Gasteiger partial charge in [0.2, 0.25) is 0 Å². The Bertz CT molecular complexity index is 415. The van der Waals surface area contributed by atoms with Gasteiger partial charge in [0, 0.05) is 10.5 Å². The van der Waals surface area contributed by atoms with E-state index in [9.17, 15) is 9.59 Å². The molecule has 0 spiro atoms. The van der Waals surface area contributed by atoms with Crippen LogP contribution in [0, 0.1) is 0 Å². The summed E-state index contributed by atoms with van der Waals surface area (Å²) < 4.78 is 5.02. The first kappa shape index (κ1) is 15.1. The van der Waals surface area contributed by atoms with Crippen molar-refractivity contribution >= 4 is 35.1 Å². The quantitative estimate of drug-likeness (QED) is 0.349. The van der Waals surface area contributed by atoms with Crippen LogP contribution in [0.2, 0.25) is 0 Å². The Morgan fingerprint density at radius 2 is 1.89 bits per heavy atom. The minimum absolute atomic E-state index is 0.0206. The number of carbonyl (C=O) groups is 2. The number of hydrogen-bond acceptors (Lipinski definition) is 4. The van der Waals surface area contributed by atoms with Crippen molar-refractivity contribution in [1.82, 2.24) is 0 Å². The van der Waals surface area contributed by atoms with Crippen LogP contribution in [0.1, 0.15) is 24.2 Å². The summed E-state index contributed by atoms with van der Waals surface area (Å²) in [6, 6.07) is 7.02. The zero-order chi connectivity index (χ0) is 13.5. The first-order valence-electron chi connectivity index (χ1n) is 5.54. The SMILES string of the molecule is CC(C)OC(=O)CSc1ccc(C(=O)CCl)cc1. The largest absolute Gasteiger partial charge is 0.462 e. The van der Waals surface area contributed by atoms with Crippen LogP contribution in [0.15, 0.2) is 29.2 Å². The molecule has 0 bridgehead atoms. The van der Waals surface area contributed by atoms with Gasteiger partial charge in [0.1, 0.15) is 0 Å². The van der Waals surface area contributed by atoms with E-state index in [-0.39, 0.29) is 29.5 Å². The van der Waals surface area contributed by atoms with Gasteiger partial charge >= 0.3 is 5.97 Å². The third-order valence-corrected chi connectivity index (χ3v) is 3.25. The molecule has 0 fully saturated rings. The van der Waals surface area contributed by atoms with Gasteiger partial charge in [-0.2, -0.15) is 0 Å². The van der Waals surface area contributed by atoms with Gasteiger partial charge in [0.25, 0.3) is 0 Å². The molecular weight excluding hydrogens is 272 g/mol. The number of Topliss-reactive ketones (excluding diaryl/α,β-unsaturated/α-hetero) is 1. The number of carbonyl (C=O) groups excluding carboxylic acids is 2. The Hall–Kier alpha value is -1.00. The van der Waals surface area contributed by atoms with E-state index >= 15 is 0 Å². The van der Waals surface area contributed by atoms with Gasteiger partial charge in [-0.05, 0) is 26.0 Å². The molecule has 0 N–H and O–H groups in total. The number of alkyl halides is 1. The normalized spacial score (nSPS) is 10.4. The summed E-state index contributed by atoms with van der Waals surface area (Å²) in [5, 5.41) is 0. The molecule has 0 aromatic heterocycles. The summed E-state index contributed by atoms with van der Waals surface area (Å²) in [4.78, 5) is 23.6. The van der Waals surface area contributed by atoms with Crippen LogP contribution < -0.4 is 0 Å². The number of ketones is 1. The van der Waals surface area contributed by atoms with Crippen molar-refractivity contribution in [3.8, 4) is 0 Å². The Balaban J connectivity index is 2.49. The van der Waals surface area contributed by atoms with E-state index in [1.54, 1.807) is 24.3 Å². The van der Waals surface area contributed by atoms with Gasteiger partial charge in [-0.25, -0.2) is 0 Å². The molecule has 1 aromatic carbocycles. The highest BCUT2D eigenvalue weighted by Crippen LogP contribution is 2.19. The van der Waals surface area contributed by atoms with Gasteiger partial charge in [-0.15, -0.1) is 23.4 Å². The monoisotopic (exact) mass is 286 g/mol. The maximum atomic E-state index is 11.3. The third-order valence-electron chi connectivity index (χ3n) is 2.02. The fourth-order valence-electron chi connectivity index (χ4n) is 1.25. The molecule has 0 aliphatic heterocycles. The van der Waals surface area contributed by atoms with E-state index in [4.69, 9.17) is 16.3 Å². The number of rotatable bonds is 6. The first-order valence-corrected chi connectivity index (χ1v) is 7.06. The fourth-order valence-corrected chi connectivity index (χ4v) is 2.09. The molecule has 0 aliphatic rings. The van der Waals surface area contributed by atoms with Crippen LogP contribution in [0.4, 0.5) is 0 Å². The predicted molar refractivity (Wildman–Crippen MR) is 73.4 cm³/mol. The lowest BCUT2D eigenvalue weighted by atomic mass is 10.1. The van der Waals surface area contributed by atoms with Crippen molar-refractivity contribution < 1.29 is 14.3 Å². The average Bonchev–Trinajstić information content (AvgIpc) is 2.35. The second-order valence-electron chi connectivity index (χ2n) is 3.91. The molecule has 0 saturated heterocycles. The minimum Gasteiger partial charge on any atom is -0.462 e. The van der Waals surface area contributed by atoms with E-state index in [0.717, 1.165) is 4.90 Å². The molecule has 0 atom stereocenters. The summed E-state index contributed by atoms with van der Waals surface area (Å²) in [6.07, 6.45) is -0.0955. The number of thioether (sulfide) groups is 1. The highest BCUT2D eigenvalue weighted by molar-refractivity contribution is 8.00. The molecule has 0 unspecified atom stereocenters. The topological polar surface area (TPSA) is 43.4 Å². The molecule has 5 heteroatoms. The highest BCUT2D eigenvalue weighted by atomic mass is 35.5. The lowest BCUT2D eigenvalue weighted by Gasteiger charge is -2.07. The number of ether oxygens (including phenoxy) is 1. The van der Waals surface area contributed by atoms with E-state index in [2.05, 4.69) is 0 Å². The number of benzene rings is 1. The second kappa shape index (κ2) is 7.44. The summed E-state index contributed by atoms with van der Waals surface area (Å²) in [7, 11) is 0. The van der Waals surface area contributed by atoms with E-state index < -0.39 is 0 Å². The third kappa shape index (κ3) is 5.10. The smallest absolute Gasteiger partial charge is 0.316 e. The van der Waals surface area contributed by atoms with Crippen molar-refractivity contribution in [2.24, 2.45) is 0 Å². The summed E-state index contributed by atoms with van der Waals surface area (Å²) in [5.74, 6) is -0.0999. The molecule has 0 saturated carbocycles. The molecule has 3 nitrogen and oxygen atoms in total. The zero-order valence-corrected chi connectivity index (χ0v) is 11.9. The van der Waals surface area contributed by atoms with Crippen LogP contribution in [0.5, 0.6) is 0 Å². The lowest BCUT2D eigenvalue weighted by Crippen LogP contribution is -2.13. The van der Waals surface area contributed by atoms with E-state index in [1.165, 1.54) is 11.8 Å². The Labute approximate surface area is 116 Å². The summed E-state index contributed by atoms with van der Waals surface area (Å²) in [6.45, 7) is 3.63. The van der Waals surface area contributed by atoms with Crippen molar-refractivity contribution in [3.63, 3.8) is 0 Å². The Morgan fingerprint density at radius 1 is 1.28 bits per heavy atom. The molecule has 1 aromatic rings. The molecular formula is C13H15ClO3S. The molecule has 0 amide bonds. The van der Waals surface area contributed by atoms with Gasteiger partial charge in [-0.3, -0.25) is 9.59 Å². The van der Waals surface area contributed by atoms with Gasteiger partial charge < -0.3 is 4.74 Å². The summed E-state index contributed by atoms with van der Waals surface area (Å²) in [5.41, 5.74) is 0.583. The molecule has 1 rings (SSSR count). The minimum atomic E-state index is -0.240. The van der Waals surface area contributed by atoms with Crippen LogP contribution >= 0.6 is 23.4 Å². The molecule has 98 valence electrons. The number of halogens is 1. The van der Waals surface area contributed by atoms with Crippen LogP contribution in [-0.4, -0.2) is 29.5 Å². The maximum absolute atomic E-state index is 11.3.